The summed E-state index contributed by atoms with van der Waals surface area (Å²) in [5.74, 6) is -0.250. The van der Waals surface area contributed by atoms with Crippen LogP contribution in [0.3, 0.4) is 0 Å². The lowest BCUT2D eigenvalue weighted by molar-refractivity contribution is -0.205. The van der Waals surface area contributed by atoms with Crippen molar-refractivity contribution in [3.8, 4) is 0 Å². The van der Waals surface area contributed by atoms with E-state index in [0.29, 0.717) is 13.0 Å². The van der Waals surface area contributed by atoms with E-state index >= 15 is 0 Å². The van der Waals surface area contributed by atoms with E-state index < -0.39 is 47.3 Å². The van der Waals surface area contributed by atoms with Gasteiger partial charge < -0.3 is 30.7 Å². The summed E-state index contributed by atoms with van der Waals surface area (Å²) in [4.78, 5) is 13.1. The maximum absolute atomic E-state index is 13.1. The molecule has 0 aliphatic carbocycles. The SMILES string of the molecule is CSC1O[C@H]([C@H](NC(=O)[C@@H]2CC=C(/C=C/Cc3ccccc3)CCN2)[C@H](C)Cl)C(O)C(O)[C@H]1O. The summed E-state index contributed by atoms with van der Waals surface area (Å²) in [6.07, 6.45) is 5.28. The van der Waals surface area contributed by atoms with E-state index in [9.17, 15) is 20.1 Å². The number of ether oxygens (including phenoxy) is 1. The molecule has 7 nitrogen and oxygen atoms in total. The van der Waals surface area contributed by atoms with Crippen LogP contribution in [0.25, 0.3) is 0 Å². The third-order valence-corrected chi connectivity index (χ3v) is 7.39. The van der Waals surface area contributed by atoms with Crippen molar-refractivity contribution in [3.05, 3.63) is 59.7 Å². The average Bonchev–Trinajstić information content (AvgIpc) is 3.08. The molecule has 1 amide bonds. The van der Waals surface area contributed by atoms with Gasteiger partial charge >= 0.3 is 0 Å². The van der Waals surface area contributed by atoms with Crippen LogP contribution < -0.4 is 10.6 Å². The summed E-state index contributed by atoms with van der Waals surface area (Å²) in [5.41, 5.74) is 1.69. The Kier molecular flexibility index (Phi) is 10.5. The number of halogens is 1. The summed E-state index contributed by atoms with van der Waals surface area (Å²) >= 11 is 7.59. The van der Waals surface area contributed by atoms with Crippen LogP contribution in [0.1, 0.15) is 25.3 Å². The van der Waals surface area contributed by atoms with E-state index in [1.54, 1.807) is 13.2 Å². The molecule has 2 aliphatic rings. The van der Waals surface area contributed by atoms with Crippen molar-refractivity contribution >= 4 is 29.3 Å². The minimum atomic E-state index is -1.39. The highest BCUT2D eigenvalue weighted by Gasteiger charge is 2.48. The van der Waals surface area contributed by atoms with Crippen LogP contribution in [-0.4, -0.2) is 81.3 Å². The van der Waals surface area contributed by atoms with Crippen LogP contribution in [0.15, 0.2) is 54.1 Å². The van der Waals surface area contributed by atoms with E-state index in [4.69, 9.17) is 16.3 Å². The highest BCUT2D eigenvalue weighted by Crippen LogP contribution is 2.30. The fourth-order valence-electron chi connectivity index (χ4n) is 4.25. The second-order valence-electron chi connectivity index (χ2n) is 8.75. The first-order chi connectivity index (χ1) is 16.3. The fraction of sp³-hybridized carbons (Fsp3) is 0.560. The number of nitrogens with one attached hydrogen (secondary N) is 2. The van der Waals surface area contributed by atoms with Gasteiger partial charge in [0.25, 0.3) is 0 Å². The lowest BCUT2D eigenvalue weighted by Gasteiger charge is -2.44. The molecule has 1 saturated heterocycles. The Bertz CT molecular complexity index is 851. The highest BCUT2D eigenvalue weighted by molar-refractivity contribution is 7.99. The lowest BCUT2D eigenvalue weighted by atomic mass is 9.93. The second-order valence-corrected chi connectivity index (χ2v) is 10.4. The van der Waals surface area contributed by atoms with E-state index in [0.717, 1.165) is 12.8 Å². The van der Waals surface area contributed by atoms with Gasteiger partial charge in [-0.15, -0.1) is 23.4 Å². The quantitative estimate of drug-likeness (QED) is 0.339. The molecule has 0 spiro atoms. The number of aliphatic hydroxyl groups excluding tert-OH is 3. The monoisotopic (exact) mass is 510 g/mol. The smallest absolute Gasteiger partial charge is 0.237 e. The Hall–Kier alpha value is -1.39. The Morgan fingerprint density at radius 1 is 1.26 bits per heavy atom. The normalized spacial score (nSPS) is 32.0. The van der Waals surface area contributed by atoms with Gasteiger partial charge in [0, 0.05) is 0 Å². The molecule has 5 N–H and O–H groups in total. The minimum Gasteiger partial charge on any atom is -0.388 e. The first kappa shape index (κ1) is 27.2. The van der Waals surface area contributed by atoms with Gasteiger partial charge in [0.15, 0.2) is 0 Å². The number of allylic oxidation sites excluding steroid dienone is 2. The number of hydrogen-bond donors (Lipinski definition) is 5. The van der Waals surface area contributed by atoms with Crippen molar-refractivity contribution in [2.75, 3.05) is 12.8 Å². The number of rotatable bonds is 8. The molecule has 2 heterocycles. The van der Waals surface area contributed by atoms with E-state index in [1.165, 1.54) is 22.9 Å². The molecule has 0 saturated carbocycles. The molecule has 9 heteroatoms. The van der Waals surface area contributed by atoms with Crippen LogP contribution in [0.5, 0.6) is 0 Å². The zero-order valence-electron chi connectivity index (χ0n) is 19.5. The predicted octanol–water partition coefficient (Wildman–Crippen LogP) is 1.75. The van der Waals surface area contributed by atoms with Crippen molar-refractivity contribution in [2.45, 2.75) is 73.5 Å². The van der Waals surface area contributed by atoms with Gasteiger partial charge in [-0.25, -0.2) is 0 Å². The average molecular weight is 511 g/mol. The number of benzene rings is 1. The molecule has 34 heavy (non-hydrogen) atoms. The van der Waals surface area contributed by atoms with Gasteiger partial charge in [-0.2, -0.15) is 0 Å². The molecule has 0 bridgehead atoms. The van der Waals surface area contributed by atoms with Gasteiger partial charge in [-0.3, -0.25) is 4.79 Å². The first-order valence-corrected chi connectivity index (χ1v) is 13.3. The third-order valence-electron chi connectivity index (χ3n) is 6.26. The molecule has 3 rings (SSSR count). The molecular weight excluding hydrogens is 476 g/mol. The molecular formula is C25H35ClN2O5S. The highest BCUT2D eigenvalue weighted by atomic mass is 35.5. The van der Waals surface area contributed by atoms with Gasteiger partial charge in [-0.1, -0.05) is 54.1 Å². The van der Waals surface area contributed by atoms with Crippen LogP contribution in [-0.2, 0) is 16.0 Å². The molecule has 3 unspecified atom stereocenters. The van der Waals surface area contributed by atoms with Crippen molar-refractivity contribution in [3.63, 3.8) is 0 Å². The van der Waals surface area contributed by atoms with E-state index in [-0.39, 0.29) is 5.91 Å². The fourth-order valence-corrected chi connectivity index (χ4v) is 5.13. The molecule has 1 aromatic carbocycles. The van der Waals surface area contributed by atoms with Crippen molar-refractivity contribution < 1.29 is 24.9 Å². The number of thioether (sulfide) groups is 1. The maximum atomic E-state index is 13.1. The molecule has 1 aromatic rings. The number of alkyl halides is 1. The number of aliphatic hydroxyl groups is 3. The van der Waals surface area contributed by atoms with Crippen molar-refractivity contribution in [1.82, 2.24) is 10.6 Å². The molecule has 0 aromatic heterocycles. The van der Waals surface area contributed by atoms with Crippen LogP contribution >= 0.6 is 23.4 Å². The summed E-state index contributed by atoms with van der Waals surface area (Å²) in [5, 5.41) is 36.5. The van der Waals surface area contributed by atoms with Crippen molar-refractivity contribution in [2.24, 2.45) is 0 Å². The van der Waals surface area contributed by atoms with Crippen LogP contribution in [0.2, 0.25) is 0 Å². The number of carbonyl (C=O) groups is 1. The summed E-state index contributed by atoms with van der Waals surface area (Å²) < 4.78 is 5.83. The van der Waals surface area contributed by atoms with Gasteiger partial charge in [0.05, 0.1) is 17.5 Å². The molecule has 1 fully saturated rings. The Morgan fingerprint density at radius 2 is 2.00 bits per heavy atom. The van der Waals surface area contributed by atoms with Gasteiger partial charge in [0.2, 0.25) is 5.91 Å². The van der Waals surface area contributed by atoms with Crippen molar-refractivity contribution in [1.29, 1.82) is 0 Å². The van der Waals surface area contributed by atoms with Gasteiger partial charge in [-0.05, 0) is 44.6 Å². The zero-order chi connectivity index (χ0) is 24.7. The summed E-state index contributed by atoms with van der Waals surface area (Å²) in [6, 6.07) is 9.04. The Balaban J connectivity index is 1.61. The number of amides is 1. The van der Waals surface area contributed by atoms with E-state index in [1.807, 2.05) is 18.2 Å². The first-order valence-electron chi connectivity index (χ1n) is 11.6. The summed E-state index contributed by atoms with van der Waals surface area (Å²) in [7, 11) is 0. The summed E-state index contributed by atoms with van der Waals surface area (Å²) in [6.45, 7) is 2.35. The zero-order valence-corrected chi connectivity index (χ0v) is 21.1. The van der Waals surface area contributed by atoms with E-state index in [2.05, 4.69) is 41.0 Å². The Morgan fingerprint density at radius 3 is 2.68 bits per heavy atom. The van der Waals surface area contributed by atoms with Crippen LogP contribution in [0, 0.1) is 0 Å². The maximum Gasteiger partial charge on any atom is 0.237 e. The van der Waals surface area contributed by atoms with Gasteiger partial charge in [0.1, 0.15) is 29.9 Å². The lowest BCUT2D eigenvalue weighted by Crippen LogP contribution is -2.65. The second kappa shape index (κ2) is 13.1. The number of hydrogen-bond acceptors (Lipinski definition) is 7. The third kappa shape index (κ3) is 7.07. The largest absolute Gasteiger partial charge is 0.388 e. The standard InChI is InChI=1S/C25H35ClN2O5S/c1-15(26)19(23-21(30)20(29)22(31)25(33-23)34-2)28-24(32)18-12-11-17(13-14-27-18)10-6-9-16-7-4-3-5-8-16/h3-8,10-11,15,18-23,25,27,29-31H,9,12-14H2,1-2H3,(H,28,32)/b10-6+/t15-,18-,19+,20?,21?,22+,23+,25?/m0/s1. The minimum absolute atomic E-state index is 0.250. The molecule has 2 aliphatic heterocycles. The topological polar surface area (TPSA) is 111 Å². The predicted molar refractivity (Wildman–Crippen MR) is 136 cm³/mol. The Labute approximate surface area is 210 Å². The molecule has 8 atom stereocenters. The number of carbonyl (C=O) groups excluding carboxylic acids is 1. The van der Waals surface area contributed by atoms with Crippen LogP contribution in [0.4, 0.5) is 0 Å². The molecule has 0 radical (unpaired) electrons. The molecule has 188 valence electrons.